The van der Waals surface area contributed by atoms with E-state index >= 15 is 0 Å². The number of hydrogen-bond acceptors (Lipinski definition) is 4. The van der Waals surface area contributed by atoms with Crippen molar-refractivity contribution in [3.05, 3.63) is 0 Å². The van der Waals surface area contributed by atoms with Gasteiger partial charge in [-0.15, -0.1) is 0 Å². The van der Waals surface area contributed by atoms with E-state index in [1.165, 1.54) is 45.3 Å². The van der Waals surface area contributed by atoms with Gasteiger partial charge in [0.05, 0.1) is 0 Å². The van der Waals surface area contributed by atoms with E-state index in [0.717, 1.165) is 32.6 Å². The quantitative estimate of drug-likeness (QED) is 0.834. The first-order valence-electron chi connectivity index (χ1n) is 8.45. The second-order valence-corrected chi connectivity index (χ2v) is 6.58. The van der Waals surface area contributed by atoms with Crippen molar-refractivity contribution >= 4 is 0 Å². The number of ether oxygens (including phenoxy) is 1. The lowest BCUT2D eigenvalue weighted by Crippen LogP contribution is -2.57. The molecule has 0 saturated carbocycles. The minimum atomic E-state index is 0.213. The monoisotopic (exact) mass is 283 g/mol. The van der Waals surface area contributed by atoms with Crippen LogP contribution in [0, 0.1) is 0 Å². The molecule has 0 aromatic heterocycles. The van der Waals surface area contributed by atoms with E-state index in [0.29, 0.717) is 6.04 Å². The van der Waals surface area contributed by atoms with Gasteiger partial charge in [-0.05, 0) is 65.2 Å². The van der Waals surface area contributed by atoms with Crippen molar-refractivity contribution in [1.29, 1.82) is 0 Å². The molecule has 2 heterocycles. The fourth-order valence-electron chi connectivity index (χ4n) is 3.94. The maximum absolute atomic E-state index is 6.24. The van der Waals surface area contributed by atoms with Crippen molar-refractivity contribution < 1.29 is 4.74 Å². The predicted molar refractivity (Wildman–Crippen MR) is 84.0 cm³/mol. The largest absolute Gasteiger partial charge is 0.381 e. The van der Waals surface area contributed by atoms with Gasteiger partial charge in [0.25, 0.3) is 0 Å². The van der Waals surface area contributed by atoms with Crippen LogP contribution in [0.3, 0.4) is 0 Å². The molecule has 0 radical (unpaired) electrons. The highest BCUT2D eigenvalue weighted by Crippen LogP contribution is 2.31. The summed E-state index contributed by atoms with van der Waals surface area (Å²) < 4.78 is 5.51. The molecule has 1 unspecified atom stereocenters. The molecular weight excluding hydrogens is 250 g/mol. The molecule has 1 atom stereocenters. The van der Waals surface area contributed by atoms with E-state index in [-0.39, 0.29) is 5.54 Å². The zero-order chi connectivity index (χ0) is 14.4. The Morgan fingerprint density at radius 3 is 2.65 bits per heavy atom. The van der Waals surface area contributed by atoms with Crippen molar-refractivity contribution in [2.75, 3.05) is 46.4 Å². The molecule has 2 rings (SSSR count). The second-order valence-electron chi connectivity index (χ2n) is 6.58. The van der Waals surface area contributed by atoms with Crippen molar-refractivity contribution in [2.24, 2.45) is 5.73 Å². The third kappa shape index (κ3) is 3.73. The number of rotatable bonds is 5. The smallest absolute Gasteiger partial charge is 0.0480 e. The molecule has 0 aliphatic carbocycles. The van der Waals surface area contributed by atoms with Gasteiger partial charge < -0.3 is 15.4 Å². The van der Waals surface area contributed by atoms with E-state index in [4.69, 9.17) is 10.5 Å². The molecule has 4 heteroatoms. The Kier molecular flexibility index (Phi) is 6.27. The molecule has 0 amide bonds. The molecular formula is C16H33N3O. The third-order valence-electron chi connectivity index (χ3n) is 5.42. The summed E-state index contributed by atoms with van der Waals surface area (Å²) in [5.74, 6) is 0. The maximum Gasteiger partial charge on any atom is 0.0480 e. The number of likely N-dealkylation sites (tertiary alicyclic amines) is 1. The van der Waals surface area contributed by atoms with Crippen molar-refractivity contribution in [1.82, 2.24) is 9.80 Å². The fraction of sp³-hybridized carbons (Fsp3) is 1.00. The predicted octanol–water partition coefficient (Wildman–Crippen LogP) is 1.69. The topological polar surface area (TPSA) is 41.7 Å². The van der Waals surface area contributed by atoms with E-state index < -0.39 is 0 Å². The zero-order valence-corrected chi connectivity index (χ0v) is 13.4. The Morgan fingerprint density at radius 1 is 1.25 bits per heavy atom. The zero-order valence-electron chi connectivity index (χ0n) is 13.4. The first-order chi connectivity index (χ1) is 9.72. The van der Waals surface area contributed by atoms with Crippen LogP contribution in [0.15, 0.2) is 0 Å². The van der Waals surface area contributed by atoms with Crippen LogP contribution in [0.2, 0.25) is 0 Å². The molecule has 0 spiro atoms. The normalized spacial score (nSPS) is 30.6. The minimum absolute atomic E-state index is 0.213. The molecule has 2 saturated heterocycles. The SMILES string of the molecule is CCCN1CCCC(CN)(N(C)C2CCOCC2)CC1. The van der Waals surface area contributed by atoms with Gasteiger partial charge in [-0.2, -0.15) is 0 Å². The van der Waals surface area contributed by atoms with Crippen molar-refractivity contribution in [3.8, 4) is 0 Å². The van der Waals surface area contributed by atoms with Crippen molar-refractivity contribution in [2.45, 2.75) is 57.0 Å². The van der Waals surface area contributed by atoms with Gasteiger partial charge in [-0.25, -0.2) is 0 Å². The van der Waals surface area contributed by atoms with Crippen LogP contribution in [0.5, 0.6) is 0 Å². The van der Waals surface area contributed by atoms with Gasteiger partial charge in [-0.1, -0.05) is 6.92 Å². The lowest BCUT2D eigenvalue weighted by atomic mass is 9.86. The first kappa shape index (κ1) is 16.2. The van der Waals surface area contributed by atoms with Crippen molar-refractivity contribution in [3.63, 3.8) is 0 Å². The van der Waals surface area contributed by atoms with E-state index in [2.05, 4.69) is 23.8 Å². The molecule has 0 aromatic rings. The number of nitrogens with zero attached hydrogens (tertiary/aromatic N) is 2. The van der Waals surface area contributed by atoms with Gasteiger partial charge in [0.2, 0.25) is 0 Å². The summed E-state index contributed by atoms with van der Waals surface area (Å²) in [6, 6.07) is 0.657. The molecule has 2 N–H and O–H groups in total. The van der Waals surface area contributed by atoms with E-state index in [1.54, 1.807) is 0 Å². The standard InChI is InChI=1S/C16H33N3O/c1-3-9-19-10-4-7-16(14-17,8-11-19)18(2)15-5-12-20-13-6-15/h15H,3-14,17H2,1-2H3. The van der Waals surface area contributed by atoms with Crippen LogP contribution in [-0.2, 0) is 4.74 Å². The summed E-state index contributed by atoms with van der Waals surface area (Å²) in [6.07, 6.45) is 7.33. The van der Waals surface area contributed by atoms with Gasteiger partial charge >= 0.3 is 0 Å². The lowest BCUT2D eigenvalue weighted by Gasteiger charge is -2.46. The van der Waals surface area contributed by atoms with Gasteiger partial charge in [0.1, 0.15) is 0 Å². The van der Waals surface area contributed by atoms with Crippen LogP contribution in [0.25, 0.3) is 0 Å². The molecule has 2 aliphatic rings. The Balaban J connectivity index is 2.00. The summed E-state index contributed by atoms with van der Waals surface area (Å²) in [5.41, 5.74) is 6.46. The molecule has 0 bridgehead atoms. The summed E-state index contributed by atoms with van der Waals surface area (Å²) in [5, 5.41) is 0. The van der Waals surface area contributed by atoms with Crippen LogP contribution >= 0.6 is 0 Å². The van der Waals surface area contributed by atoms with Gasteiger partial charge in [0, 0.05) is 31.3 Å². The Morgan fingerprint density at radius 2 is 2.00 bits per heavy atom. The minimum Gasteiger partial charge on any atom is -0.381 e. The molecule has 2 fully saturated rings. The summed E-state index contributed by atoms with van der Waals surface area (Å²) in [7, 11) is 2.30. The van der Waals surface area contributed by atoms with Crippen LogP contribution in [0.4, 0.5) is 0 Å². The number of hydrogen-bond donors (Lipinski definition) is 1. The summed E-state index contributed by atoms with van der Waals surface area (Å²) in [4.78, 5) is 5.24. The molecule has 4 nitrogen and oxygen atoms in total. The number of nitrogens with two attached hydrogens (primary N) is 1. The third-order valence-corrected chi connectivity index (χ3v) is 5.42. The summed E-state index contributed by atoms with van der Waals surface area (Å²) >= 11 is 0. The second kappa shape index (κ2) is 7.74. The number of likely N-dealkylation sites (N-methyl/N-ethyl adjacent to an activating group) is 1. The highest BCUT2D eigenvalue weighted by Gasteiger charge is 2.38. The van der Waals surface area contributed by atoms with Gasteiger partial charge in [-0.3, -0.25) is 4.90 Å². The van der Waals surface area contributed by atoms with Crippen LogP contribution < -0.4 is 5.73 Å². The van der Waals surface area contributed by atoms with Crippen LogP contribution in [0.1, 0.15) is 45.4 Å². The maximum atomic E-state index is 6.24. The Hall–Kier alpha value is -0.160. The Labute approximate surface area is 124 Å². The lowest BCUT2D eigenvalue weighted by molar-refractivity contribution is -0.00743. The highest BCUT2D eigenvalue weighted by atomic mass is 16.5. The molecule has 2 aliphatic heterocycles. The molecule has 118 valence electrons. The van der Waals surface area contributed by atoms with E-state index in [9.17, 15) is 0 Å². The molecule has 0 aromatic carbocycles. The van der Waals surface area contributed by atoms with E-state index in [1.807, 2.05) is 0 Å². The van der Waals surface area contributed by atoms with Gasteiger partial charge in [0.15, 0.2) is 0 Å². The fourth-order valence-corrected chi connectivity index (χ4v) is 3.94. The summed E-state index contributed by atoms with van der Waals surface area (Å²) in [6.45, 7) is 8.59. The average molecular weight is 283 g/mol. The highest BCUT2D eigenvalue weighted by molar-refractivity contribution is 4.96. The average Bonchev–Trinajstić information content (AvgIpc) is 2.71. The first-order valence-corrected chi connectivity index (χ1v) is 8.45. The van der Waals surface area contributed by atoms with Crippen LogP contribution in [-0.4, -0.2) is 67.8 Å². The Bertz CT molecular complexity index is 281. The molecule has 20 heavy (non-hydrogen) atoms.